The molecule has 21 heavy (non-hydrogen) atoms. The fourth-order valence-electron chi connectivity index (χ4n) is 2.42. The van der Waals surface area contributed by atoms with Crippen molar-refractivity contribution >= 4 is 17.2 Å². The lowest BCUT2D eigenvalue weighted by molar-refractivity contribution is 0.506. The molecule has 0 saturated heterocycles. The molecule has 0 aliphatic carbocycles. The van der Waals surface area contributed by atoms with Crippen molar-refractivity contribution in [2.24, 2.45) is 0 Å². The summed E-state index contributed by atoms with van der Waals surface area (Å²) in [5.74, 6) is 0.915. The summed E-state index contributed by atoms with van der Waals surface area (Å²) < 4.78 is 2.00. The summed E-state index contributed by atoms with van der Waals surface area (Å²) in [7, 11) is 0. The molecular weight excluding hydrogens is 284 g/mol. The molecule has 108 valence electrons. The summed E-state index contributed by atoms with van der Waals surface area (Å²) in [6.07, 6.45) is 2.98. The van der Waals surface area contributed by atoms with Crippen molar-refractivity contribution in [1.29, 1.82) is 0 Å². The van der Waals surface area contributed by atoms with Gasteiger partial charge >= 0.3 is 0 Å². The minimum absolute atomic E-state index is 0.276. The fraction of sp³-hybridized carbons (Fsp3) is 0.250. The Morgan fingerprint density at radius 1 is 1.14 bits per heavy atom. The zero-order chi connectivity index (χ0) is 14.7. The van der Waals surface area contributed by atoms with Crippen molar-refractivity contribution in [3.05, 3.63) is 65.1 Å². The van der Waals surface area contributed by atoms with Crippen LogP contribution in [0.2, 0.25) is 5.02 Å². The van der Waals surface area contributed by atoms with Gasteiger partial charge in [-0.2, -0.15) is 0 Å². The molecule has 3 rings (SSSR count). The van der Waals surface area contributed by atoms with Gasteiger partial charge in [-0.1, -0.05) is 36.7 Å². The van der Waals surface area contributed by atoms with Gasteiger partial charge in [-0.15, -0.1) is 10.2 Å². The molecule has 0 bridgehead atoms. The Labute approximate surface area is 128 Å². The number of aromatic nitrogens is 3. The molecule has 0 spiro atoms. The van der Waals surface area contributed by atoms with Gasteiger partial charge in [-0.05, 0) is 36.2 Å². The van der Waals surface area contributed by atoms with E-state index in [1.807, 2.05) is 40.9 Å². The maximum absolute atomic E-state index is 5.94. The monoisotopic (exact) mass is 300 g/mol. The van der Waals surface area contributed by atoms with E-state index < -0.39 is 0 Å². The van der Waals surface area contributed by atoms with Gasteiger partial charge < -0.3 is 5.32 Å². The van der Waals surface area contributed by atoms with Gasteiger partial charge in [0, 0.05) is 17.3 Å². The second kappa shape index (κ2) is 6.24. The van der Waals surface area contributed by atoms with Gasteiger partial charge in [0.15, 0.2) is 11.5 Å². The lowest BCUT2D eigenvalue weighted by Gasteiger charge is -2.17. The summed E-state index contributed by atoms with van der Waals surface area (Å²) in [6, 6.07) is 14.1. The van der Waals surface area contributed by atoms with Crippen LogP contribution in [0.25, 0.3) is 5.65 Å². The van der Waals surface area contributed by atoms with E-state index in [1.54, 1.807) is 0 Å². The number of fused-ring (bicyclic) bond motifs is 1. The third-order valence-electron chi connectivity index (χ3n) is 3.57. The SMILES string of the molecule is CCC(NCc1nnc2ccccn12)c1ccc(Cl)cc1. The van der Waals surface area contributed by atoms with Crippen LogP contribution in [0.1, 0.15) is 30.8 Å². The zero-order valence-electron chi connectivity index (χ0n) is 11.8. The van der Waals surface area contributed by atoms with Gasteiger partial charge in [0.1, 0.15) is 0 Å². The first-order chi connectivity index (χ1) is 10.3. The van der Waals surface area contributed by atoms with Crippen LogP contribution in [0.5, 0.6) is 0 Å². The van der Waals surface area contributed by atoms with E-state index >= 15 is 0 Å². The summed E-state index contributed by atoms with van der Waals surface area (Å²) in [5.41, 5.74) is 2.10. The van der Waals surface area contributed by atoms with Crippen molar-refractivity contribution in [1.82, 2.24) is 19.9 Å². The zero-order valence-corrected chi connectivity index (χ0v) is 12.6. The quantitative estimate of drug-likeness (QED) is 0.782. The largest absolute Gasteiger partial charge is 0.303 e. The maximum atomic E-state index is 5.94. The number of nitrogens with zero attached hydrogens (tertiary/aromatic N) is 3. The molecule has 5 heteroatoms. The highest BCUT2D eigenvalue weighted by molar-refractivity contribution is 6.30. The molecule has 1 aromatic carbocycles. The molecule has 1 N–H and O–H groups in total. The summed E-state index contributed by atoms with van der Waals surface area (Å²) in [5, 5.41) is 12.7. The molecule has 1 unspecified atom stereocenters. The number of rotatable bonds is 5. The number of hydrogen-bond acceptors (Lipinski definition) is 3. The molecule has 2 heterocycles. The van der Waals surface area contributed by atoms with E-state index in [1.165, 1.54) is 5.56 Å². The minimum Gasteiger partial charge on any atom is -0.303 e. The van der Waals surface area contributed by atoms with Crippen molar-refractivity contribution in [3.8, 4) is 0 Å². The maximum Gasteiger partial charge on any atom is 0.160 e. The molecule has 4 nitrogen and oxygen atoms in total. The van der Waals surface area contributed by atoms with E-state index in [9.17, 15) is 0 Å². The first-order valence-corrected chi connectivity index (χ1v) is 7.43. The smallest absolute Gasteiger partial charge is 0.160 e. The third kappa shape index (κ3) is 3.06. The Morgan fingerprint density at radius 3 is 2.71 bits per heavy atom. The molecule has 0 radical (unpaired) electrons. The van der Waals surface area contributed by atoms with Crippen LogP contribution in [0, 0.1) is 0 Å². The molecule has 0 amide bonds. The average molecular weight is 301 g/mol. The molecule has 0 aliphatic heterocycles. The van der Waals surface area contributed by atoms with Crippen molar-refractivity contribution in [2.75, 3.05) is 0 Å². The predicted molar refractivity (Wildman–Crippen MR) is 84.3 cm³/mol. The van der Waals surface area contributed by atoms with Gasteiger partial charge in [0.25, 0.3) is 0 Å². The topological polar surface area (TPSA) is 42.2 Å². The average Bonchev–Trinajstić information content (AvgIpc) is 2.93. The fourth-order valence-corrected chi connectivity index (χ4v) is 2.54. The Kier molecular flexibility index (Phi) is 4.18. The van der Waals surface area contributed by atoms with Gasteiger partial charge in [-0.3, -0.25) is 4.40 Å². The van der Waals surface area contributed by atoms with E-state index in [-0.39, 0.29) is 6.04 Å². The van der Waals surface area contributed by atoms with Gasteiger partial charge in [0.05, 0.1) is 6.54 Å². The second-order valence-electron chi connectivity index (χ2n) is 4.94. The number of nitrogens with one attached hydrogen (secondary N) is 1. The minimum atomic E-state index is 0.276. The highest BCUT2D eigenvalue weighted by atomic mass is 35.5. The molecule has 1 atom stereocenters. The van der Waals surface area contributed by atoms with E-state index in [4.69, 9.17) is 11.6 Å². The predicted octanol–water partition coefficient (Wildman–Crippen LogP) is 3.62. The Morgan fingerprint density at radius 2 is 1.95 bits per heavy atom. The van der Waals surface area contributed by atoms with Crippen molar-refractivity contribution < 1.29 is 0 Å². The highest BCUT2D eigenvalue weighted by Gasteiger charge is 2.11. The van der Waals surface area contributed by atoms with Crippen LogP contribution in [-0.4, -0.2) is 14.6 Å². The highest BCUT2D eigenvalue weighted by Crippen LogP contribution is 2.19. The summed E-state index contributed by atoms with van der Waals surface area (Å²) in [4.78, 5) is 0. The molecular formula is C16H17ClN4. The van der Waals surface area contributed by atoms with E-state index in [0.29, 0.717) is 6.54 Å². The van der Waals surface area contributed by atoms with Crippen molar-refractivity contribution in [2.45, 2.75) is 25.9 Å². The standard InChI is InChI=1S/C16H17ClN4/c1-2-14(12-6-8-13(17)9-7-12)18-11-16-20-19-15-5-3-4-10-21(15)16/h3-10,14,18H,2,11H2,1H3. The third-order valence-corrected chi connectivity index (χ3v) is 3.82. The summed E-state index contributed by atoms with van der Waals surface area (Å²) >= 11 is 5.94. The first kappa shape index (κ1) is 14.0. The van der Waals surface area contributed by atoms with Crippen LogP contribution >= 0.6 is 11.6 Å². The molecule has 0 saturated carbocycles. The molecule has 0 aliphatic rings. The second-order valence-corrected chi connectivity index (χ2v) is 5.37. The lowest BCUT2D eigenvalue weighted by Crippen LogP contribution is -2.21. The van der Waals surface area contributed by atoms with E-state index in [2.05, 4.69) is 34.6 Å². The Bertz CT molecular complexity index is 720. The molecule has 2 aromatic heterocycles. The van der Waals surface area contributed by atoms with Crippen molar-refractivity contribution in [3.63, 3.8) is 0 Å². The van der Waals surface area contributed by atoms with Crippen LogP contribution in [0.3, 0.4) is 0 Å². The van der Waals surface area contributed by atoms with Crippen LogP contribution < -0.4 is 5.32 Å². The first-order valence-electron chi connectivity index (χ1n) is 7.05. The Hall–Kier alpha value is -1.91. The number of hydrogen-bond donors (Lipinski definition) is 1. The summed E-state index contributed by atoms with van der Waals surface area (Å²) in [6.45, 7) is 2.83. The molecule has 3 aromatic rings. The van der Waals surface area contributed by atoms with Crippen LogP contribution in [-0.2, 0) is 6.54 Å². The van der Waals surface area contributed by atoms with Gasteiger partial charge in [0.2, 0.25) is 0 Å². The number of halogens is 1. The number of benzene rings is 1. The molecule has 0 fully saturated rings. The van der Waals surface area contributed by atoms with Crippen LogP contribution in [0.4, 0.5) is 0 Å². The Balaban J connectivity index is 1.74. The van der Waals surface area contributed by atoms with Gasteiger partial charge in [-0.25, -0.2) is 0 Å². The van der Waals surface area contributed by atoms with E-state index in [0.717, 1.165) is 22.9 Å². The lowest BCUT2D eigenvalue weighted by atomic mass is 10.0. The normalized spacial score (nSPS) is 12.7. The van der Waals surface area contributed by atoms with Crippen LogP contribution in [0.15, 0.2) is 48.7 Å². The number of pyridine rings is 1.